The van der Waals surface area contributed by atoms with Crippen LogP contribution in [0.2, 0.25) is 0 Å². The first-order valence-electron chi connectivity index (χ1n) is 7.48. The monoisotopic (exact) mass is 410 g/mol. The van der Waals surface area contributed by atoms with Gasteiger partial charge in [0.25, 0.3) is 10.1 Å². The van der Waals surface area contributed by atoms with Crippen molar-refractivity contribution in [3.63, 3.8) is 0 Å². The Morgan fingerprint density at radius 3 is 2.00 bits per heavy atom. The van der Waals surface area contributed by atoms with Gasteiger partial charge in [0.2, 0.25) is 0 Å². The van der Waals surface area contributed by atoms with Crippen LogP contribution in [0.3, 0.4) is 0 Å². The van der Waals surface area contributed by atoms with Crippen LogP contribution >= 0.6 is 7.82 Å². The van der Waals surface area contributed by atoms with Crippen molar-refractivity contribution in [2.45, 2.75) is 34.1 Å². The summed E-state index contributed by atoms with van der Waals surface area (Å²) in [6.07, 6.45) is -0.0259. The lowest BCUT2D eigenvalue weighted by Crippen LogP contribution is -2.28. The highest BCUT2D eigenvalue weighted by Crippen LogP contribution is 2.50. The lowest BCUT2D eigenvalue weighted by atomic mass is 9.97. The van der Waals surface area contributed by atoms with Crippen LogP contribution in [-0.2, 0) is 43.1 Å². The summed E-state index contributed by atoms with van der Waals surface area (Å²) in [4.78, 5) is 0. The van der Waals surface area contributed by atoms with E-state index in [0.29, 0.717) is 0 Å². The van der Waals surface area contributed by atoms with E-state index in [0.717, 1.165) is 0 Å². The molecule has 12 heteroatoms. The quantitative estimate of drug-likeness (QED) is 0.258. The summed E-state index contributed by atoms with van der Waals surface area (Å²) in [5.74, 6) is -0.597. The number of phosphoric ester groups is 1. The van der Waals surface area contributed by atoms with Crippen LogP contribution in [0.25, 0.3) is 0 Å². The molecule has 0 N–H and O–H groups in total. The Bertz CT molecular complexity index is 565. The normalized spacial score (nSPS) is 13.5. The summed E-state index contributed by atoms with van der Waals surface area (Å²) in [6.45, 7) is 6.59. The van der Waals surface area contributed by atoms with Gasteiger partial charge in [-0.2, -0.15) is 8.42 Å². The first-order valence-corrected chi connectivity index (χ1v) is 11.9. The van der Waals surface area contributed by atoms with E-state index < -0.39 is 34.1 Å². The minimum Gasteiger partial charge on any atom is -0.287 e. The second kappa shape index (κ2) is 10.8. The Labute approximate surface area is 145 Å². The number of thiol groups is 1. The third-order valence-electron chi connectivity index (χ3n) is 2.55. The number of rotatable bonds is 14. The smallest absolute Gasteiger partial charge is 0.287 e. The molecule has 0 aliphatic carbocycles. The highest BCUT2D eigenvalue weighted by Gasteiger charge is 2.31. The molecule has 24 heavy (non-hydrogen) atoms. The fourth-order valence-electron chi connectivity index (χ4n) is 1.40. The summed E-state index contributed by atoms with van der Waals surface area (Å²) >= 11 is 0. The molecule has 9 nitrogen and oxygen atoms in total. The van der Waals surface area contributed by atoms with Gasteiger partial charge in [0.15, 0.2) is 0 Å². The van der Waals surface area contributed by atoms with Crippen molar-refractivity contribution in [1.29, 1.82) is 0 Å². The van der Waals surface area contributed by atoms with Crippen LogP contribution in [0.4, 0.5) is 0 Å². The Balaban J connectivity index is 4.49. The number of hydrogen-bond donors (Lipinski definition) is 1. The third-order valence-corrected chi connectivity index (χ3v) is 6.09. The fourth-order valence-corrected chi connectivity index (χ4v) is 4.51. The number of hydrogen-bond acceptors (Lipinski definition) is 9. The molecule has 0 radical (unpaired) electrons. The number of phosphoric acid groups is 1. The summed E-state index contributed by atoms with van der Waals surface area (Å²) in [5.41, 5.74) is -0.777. The zero-order chi connectivity index (χ0) is 18.9. The molecule has 0 aromatic heterocycles. The molecule has 0 rings (SSSR count). The van der Waals surface area contributed by atoms with E-state index in [1.807, 2.05) is 0 Å². The van der Waals surface area contributed by atoms with E-state index in [4.69, 9.17) is 17.8 Å². The summed E-state index contributed by atoms with van der Waals surface area (Å²) in [5, 5.41) is 0. The van der Waals surface area contributed by atoms with Gasteiger partial charge in [-0.05, 0) is 20.3 Å². The minimum atomic E-state index is -3.84. The highest BCUT2D eigenvalue weighted by atomic mass is 32.2. The van der Waals surface area contributed by atoms with Crippen LogP contribution in [0, 0.1) is 5.41 Å². The molecule has 0 saturated heterocycles. The van der Waals surface area contributed by atoms with E-state index in [9.17, 15) is 21.4 Å². The topological polar surface area (TPSA) is 122 Å². The molecule has 0 spiro atoms. The average molecular weight is 410 g/mol. The van der Waals surface area contributed by atoms with E-state index in [1.54, 1.807) is 27.7 Å². The Morgan fingerprint density at radius 1 is 1.00 bits per heavy atom. The zero-order valence-corrected chi connectivity index (χ0v) is 17.0. The minimum absolute atomic E-state index is 0.0259. The van der Waals surface area contributed by atoms with E-state index >= 15 is 0 Å². The highest BCUT2D eigenvalue weighted by molar-refractivity contribution is 7.86. The maximum Gasteiger partial charge on any atom is 0.474 e. The Morgan fingerprint density at radius 2 is 1.54 bits per heavy atom. The molecule has 0 aromatic rings. The predicted octanol–water partition coefficient (Wildman–Crippen LogP) is 1.56. The van der Waals surface area contributed by atoms with Crippen molar-refractivity contribution in [2.24, 2.45) is 5.41 Å². The summed E-state index contributed by atoms with van der Waals surface area (Å²) < 4.78 is 76.5. The van der Waals surface area contributed by atoms with Crippen LogP contribution in [0.5, 0.6) is 0 Å². The molecular formula is C12H27O9PS2. The van der Waals surface area contributed by atoms with Crippen molar-refractivity contribution in [3.8, 4) is 0 Å². The van der Waals surface area contributed by atoms with Crippen molar-refractivity contribution in [2.75, 3.05) is 37.9 Å². The van der Waals surface area contributed by atoms with Crippen LogP contribution in [-0.4, -0.2) is 54.8 Å². The SMILES string of the molecule is CCOP(=O)(OCC)OCC(C)(C)COS(=O)(=O)CCC[SH](=O)=O. The third kappa shape index (κ3) is 11.5. The Kier molecular flexibility index (Phi) is 10.8. The molecule has 0 amide bonds. The maximum atomic E-state index is 12.2. The standard InChI is InChI=1S/C12H27O9PS2/c1-5-18-22(13,19-6-2)20-10-12(3,4)11-21-24(16,17)9-7-8-23(14)15/h23H,5-11H2,1-4H3. The largest absolute Gasteiger partial charge is 0.474 e. The van der Waals surface area contributed by atoms with Crippen LogP contribution in [0.1, 0.15) is 34.1 Å². The van der Waals surface area contributed by atoms with E-state index in [-0.39, 0.29) is 44.4 Å². The average Bonchev–Trinajstić information content (AvgIpc) is 2.44. The fraction of sp³-hybridized carbons (Fsp3) is 1.00. The Hall–Kier alpha value is -0.0300. The molecule has 0 heterocycles. The first kappa shape index (κ1) is 24.0. The molecule has 0 aromatic carbocycles. The van der Waals surface area contributed by atoms with Gasteiger partial charge in [-0.25, -0.2) is 13.0 Å². The predicted molar refractivity (Wildman–Crippen MR) is 90.1 cm³/mol. The molecule has 0 saturated carbocycles. The van der Waals surface area contributed by atoms with Gasteiger partial charge < -0.3 is 0 Å². The first-order chi connectivity index (χ1) is 11.0. The molecular weight excluding hydrogens is 383 g/mol. The van der Waals surface area contributed by atoms with Gasteiger partial charge in [-0.1, -0.05) is 13.8 Å². The molecule has 0 fully saturated rings. The zero-order valence-electron chi connectivity index (χ0n) is 14.4. The van der Waals surface area contributed by atoms with Gasteiger partial charge in [0.05, 0.1) is 32.2 Å². The maximum absolute atomic E-state index is 12.2. The molecule has 0 unspecified atom stereocenters. The summed E-state index contributed by atoms with van der Waals surface area (Å²) in [7, 11) is -10.1. The van der Waals surface area contributed by atoms with Crippen molar-refractivity contribution >= 4 is 28.6 Å². The van der Waals surface area contributed by atoms with Gasteiger partial charge in [0, 0.05) is 11.2 Å². The van der Waals surface area contributed by atoms with Crippen LogP contribution < -0.4 is 0 Å². The van der Waals surface area contributed by atoms with Crippen molar-refractivity contribution in [1.82, 2.24) is 0 Å². The van der Waals surface area contributed by atoms with Gasteiger partial charge in [-0.15, -0.1) is 0 Å². The molecule has 0 aliphatic rings. The van der Waals surface area contributed by atoms with E-state index in [2.05, 4.69) is 0 Å². The van der Waals surface area contributed by atoms with Gasteiger partial charge in [-0.3, -0.25) is 17.8 Å². The van der Waals surface area contributed by atoms with Crippen molar-refractivity contribution < 1.29 is 39.2 Å². The van der Waals surface area contributed by atoms with Crippen LogP contribution in [0.15, 0.2) is 0 Å². The second-order valence-electron chi connectivity index (χ2n) is 5.65. The van der Waals surface area contributed by atoms with Gasteiger partial charge in [0.1, 0.15) is 10.7 Å². The lowest BCUT2D eigenvalue weighted by Gasteiger charge is -2.26. The van der Waals surface area contributed by atoms with E-state index in [1.165, 1.54) is 0 Å². The van der Waals surface area contributed by atoms with Crippen molar-refractivity contribution in [3.05, 3.63) is 0 Å². The molecule has 146 valence electrons. The second-order valence-corrected chi connectivity index (χ2v) is 10.2. The summed E-state index contributed by atoms with van der Waals surface area (Å²) in [6, 6.07) is 0. The van der Waals surface area contributed by atoms with Gasteiger partial charge >= 0.3 is 7.82 Å². The molecule has 0 aliphatic heterocycles. The lowest BCUT2D eigenvalue weighted by molar-refractivity contribution is 0.0643. The molecule has 0 bridgehead atoms. The molecule has 0 atom stereocenters.